The van der Waals surface area contributed by atoms with Crippen LogP contribution in [0, 0.1) is 5.92 Å². The number of thiol groups is 1. The zero-order valence-corrected chi connectivity index (χ0v) is 7.75. The molecule has 0 atom stereocenters. The molecular formula is C9H16S. The maximum absolute atomic E-state index is 4.48. The van der Waals surface area contributed by atoms with Crippen molar-refractivity contribution in [2.45, 2.75) is 39.5 Å². The molecule has 0 aliphatic heterocycles. The van der Waals surface area contributed by atoms with Crippen molar-refractivity contribution in [2.75, 3.05) is 0 Å². The van der Waals surface area contributed by atoms with E-state index in [0.717, 1.165) is 0 Å². The van der Waals surface area contributed by atoms with E-state index in [4.69, 9.17) is 0 Å². The Hall–Kier alpha value is 0.0900. The number of rotatable bonds is 1. The lowest BCUT2D eigenvalue weighted by molar-refractivity contribution is 0.615. The summed E-state index contributed by atoms with van der Waals surface area (Å²) in [6.07, 6.45) is 5.22. The Balaban J connectivity index is 2.68. The van der Waals surface area contributed by atoms with Gasteiger partial charge in [-0.05, 0) is 36.5 Å². The van der Waals surface area contributed by atoms with Gasteiger partial charge in [0.25, 0.3) is 0 Å². The van der Waals surface area contributed by atoms with E-state index < -0.39 is 0 Å². The molecule has 10 heavy (non-hydrogen) atoms. The van der Waals surface area contributed by atoms with Gasteiger partial charge in [-0.15, -0.1) is 12.6 Å². The van der Waals surface area contributed by atoms with Gasteiger partial charge in [-0.2, -0.15) is 0 Å². The predicted octanol–water partition coefficient (Wildman–Crippen LogP) is 3.40. The molecule has 0 heterocycles. The molecule has 0 nitrogen and oxygen atoms in total. The van der Waals surface area contributed by atoms with Crippen molar-refractivity contribution < 1.29 is 0 Å². The molecule has 0 N–H and O–H groups in total. The Labute approximate surface area is 69.1 Å². The lowest BCUT2D eigenvalue weighted by Gasteiger charge is -2.19. The summed E-state index contributed by atoms with van der Waals surface area (Å²) in [5, 5.41) is 0. The summed E-state index contributed by atoms with van der Waals surface area (Å²) >= 11 is 4.48. The van der Waals surface area contributed by atoms with Crippen LogP contribution in [0.4, 0.5) is 0 Å². The fourth-order valence-electron chi connectivity index (χ4n) is 1.53. The van der Waals surface area contributed by atoms with Crippen LogP contribution in [0.5, 0.6) is 0 Å². The minimum absolute atomic E-state index is 0.716. The third kappa shape index (κ3) is 1.79. The Kier molecular flexibility index (Phi) is 2.84. The van der Waals surface area contributed by atoms with E-state index in [1.54, 1.807) is 5.57 Å². The first-order valence-electron chi connectivity index (χ1n) is 4.12. The molecule has 0 aromatic rings. The smallest absolute Gasteiger partial charge is 0.0190 e. The van der Waals surface area contributed by atoms with Crippen molar-refractivity contribution in [3.63, 3.8) is 0 Å². The molecule has 0 amide bonds. The second-order valence-corrected chi connectivity index (χ2v) is 3.87. The molecule has 0 spiro atoms. The van der Waals surface area contributed by atoms with Gasteiger partial charge in [-0.1, -0.05) is 19.4 Å². The van der Waals surface area contributed by atoms with Gasteiger partial charge in [0.2, 0.25) is 0 Å². The molecule has 1 rings (SSSR count). The third-order valence-electron chi connectivity index (χ3n) is 2.18. The lowest BCUT2D eigenvalue weighted by Crippen LogP contribution is -2.01. The molecule has 0 unspecified atom stereocenters. The van der Waals surface area contributed by atoms with Crippen molar-refractivity contribution in [1.82, 2.24) is 0 Å². The van der Waals surface area contributed by atoms with Crippen LogP contribution in [-0.4, -0.2) is 0 Å². The van der Waals surface area contributed by atoms with E-state index in [9.17, 15) is 0 Å². The minimum Gasteiger partial charge on any atom is -0.148 e. The quantitative estimate of drug-likeness (QED) is 0.553. The predicted molar refractivity (Wildman–Crippen MR) is 49.3 cm³/mol. The summed E-state index contributed by atoms with van der Waals surface area (Å²) in [5.74, 6) is 0.716. The van der Waals surface area contributed by atoms with E-state index in [-0.39, 0.29) is 0 Å². The van der Waals surface area contributed by atoms with Gasteiger partial charge in [-0.25, -0.2) is 0 Å². The Morgan fingerprint density at radius 1 is 1.20 bits per heavy atom. The number of allylic oxidation sites excluding steroid dienone is 2. The first kappa shape index (κ1) is 8.19. The molecule has 0 bridgehead atoms. The van der Waals surface area contributed by atoms with Gasteiger partial charge < -0.3 is 0 Å². The zero-order valence-electron chi connectivity index (χ0n) is 6.85. The summed E-state index contributed by atoms with van der Waals surface area (Å²) in [5.41, 5.74) is 1.59. The van der Waals surface area contributed by atoms with Crippen molar-refractivity contribution in [3.8, 4) is 0 Å². The van der Waals surface area contributed by atoms with Crippen molar-refractivity contribution >= 4 is 12.6 Å². The standard InChI is InChI=1S/C9H16S/c1-7(2)8-5-3-4-6-9(8)10/h7,10H,3-6H2,1-2H3. The summed E-state index contributed by atoms with van der Waals surface area (Å²) in [4.78, 5) is 1.36. The van der Waals surface area contributed by atoms with Gasteiger partial charge in [0, 0.05) is 0 Å². The van der Waals surface area contributed by atoms with Crippen LogP contribution in [0.15, 0.2) is 10.5 Å². The average Bonchev–Trinajstić information content (AvgIpc) is 1.88. The molecule has 0 fully saturated rings. The van der Waals surface area contributed by atoms with Crippen LogP contribution < -0.4 is 0 Å². The molecule has 58 valence electrons. The highest BCUT2D eigenvalue weighted by atomic mass is 32.1. The van der Waals surface area contributed by atoms with E-state index in [1.165, 1.54) is 30.6 Å². The highest BCUT2D eigenvalue weighted by molar-refractivity contribution is 7.84. The van der Waals surface area contributed by atoms with Crippen LogP contribution in [0.3, 0.4) is 0 Å². The van der Waals surface area contributed by atoms with Gasteiger partial charge >= 0.3 is 0 Å². The van der Waals surface area contributed by atoms with Crippen LogP contribution >= 0.6 is 12.6 Å². The molecule has 0 aromatic carbocycles. The van der Waals surface area contributed by atoms with Gasteiger partial charge in [0.15, 0.2) is 0 Å². The molecule has 1 heteroatoms. The lowest BCUT2D eigenvalue weighted by atomic mass is 9.91. The van der Waals surface area contributed by atoms with E-state index in [2.05, 4.69) is 26.5 Å². The SMILES string of the molecule is CC(C)C1=C(S)CCCC1. The Bertz CT molecular complexity index is 145. The molecule has 1 aliphatic carbocycles. The topological polar surface area (TPSA) is 0 Å². The largest absolute Gasteiger partial charge is 0.148 e. The van der Waals surface area contributed by atoms with Gasteiger partial charge in [-0.3, -0.25) is 0 Å². The highest BCUT2D eigenvalue weighted by Gasteiger charge is 2.11. The summed E-state index contributed by atoms with van der Waals surface area (Å²) in [6, 6.07) is 0. The van der Waals surface area contributed by atoms with Crippen LogP contribution in [0.25, 0.3) is 0 Å². The normalized spacial score (nSPS) is 20.4. The second kappa shape index (κ2) is 3.47. The summed E-state index contributed by atoms with van der Waals surface area (Å²) in [6.45, 7) is 4.52. The molecule has 1 aliphatic rings. The first-order chi connectivity index (χ1) is 4.72. The van der Waals surface area contributed by atoms with Crippen LogP contribution in [0.2, 0.25) is 0 Å². The molecule has 0 saturated heterocycles. The zero-order chi connectivity index (χ0) is 7.56. The van der Waals surface area contributed by atoms with Gasteiger partial charge in [0.1, 0.15) is 0 Å². The fourth-order valence-corrected chi connectivity index (χ4v) is 2.06. The number of hydrogen-bond donors (Lipinski definition) is 1. The maximum atomic E-state index is 4.48. The molecule has 0 saturated carbocycles. The maximum Gasteiger partial charge on any atom is -0.0190 e. The molecule has 0 aromatic heterocycles. The van der Waals surface area contributed by atoms with Crippen LogP contribution in [-0.2, 0) is 0 Å². The Morgan fingerprint density at radius 2 is 1.80 bits per heavy atom. The average molecular weight is 156 g/mol. The fraction of sp³-hybridized carbons (Fsp3) is 0.778. The van der Waals surface area contributed by atoms with Crippen molar-refractivity contribution in [2.24, 2.45) is 5.92 Å². The summed E-state index contributed by atoms with van der Waals surface area (Å²) in [7, 11) is 0. The summed E-state index contributed by atoms with van der Waals surface area (Å²) < 4.78 is 0. The monoisotopic (exact) mass is 156 g/mol. The van der Waals surface area contributed by atoms with E-state index in [0.29, 0.717) is 5.92 Å². The second-order valence-electron chi connectivity index (χ2n) is 3.33. The van der Waals surface area contributed by atoms with Crippen molar-refractivity contribution in [1.29, 1.82) is 0 Å². The van der Waals surface area contributed by atoms with E-state index in [1.807, 2.05) is 0 Å². The van der Waals surface area contributed by atoms with Gasteiger partial charge in [0.05, 0.1) is 0 Å². The number of hydrogen-bond acceptors (Lipinski definition) is 1. The minimum atomic E-state index is 0.716. The Morgan fingerprint density at radius 3 is 2.20 bits per heavy atom. The third-order valence-corrected chi connectivity index (χ3v) is 2.69. The van der Waals surface area contributed by atoms with E-state index >= 15 is 0 Å². The molecular weight excluding hydrogens is 140 g/mol. The molecule has 0 radical (unpaired) electrons. The highest BCUT2D eigenvalue weighted by Crippen LogP contribution is 2.31. The van der Waals surface area contributed by atoms with Crippen LogP contribution in [0.1, 0.15) is 39.5 Å². The first-order valence-corrected chi connectivity index (χ1v) is 4.57. The van der Waals surface area contributed by atoms with Crippen molar-refractivity contribution in [3.05, 3.63) is 10.5 Å².